The Morgan fingerprint density at radius 1 is 1.38 bits per heavy atom. The number of para-hydroxylation sites is 1. The van der Waals surface area contributed by atoms with E-state index in [1.807, 2.05) is 35.9 Å². The van der Waals surface area contributed by atoms with Gasteiger partial charge in [0.2, 0.25) is 4.80 Å². The molecule has 2 rings (SSSR count). The van der Waals surface area contributed by atoms with E-state index >= 15 is 0 Å². The van der Waals surface area contributed by atoms with Crippen LogP contribution in [0.25, 0.3) is 10.2 Å². The molecule has 2 amide bonds. The van der Waals surface area contributed by atoms with E-state index in [9.17, 15) is 9.59 Å². The number of nitrogens with zero attached hydrogens (tertiary/aromatic N) is 2. The minimum atomic E-state index is -0.555. The van der Waals surface area contributed by atoms with Crippen LogP contribution in [0.3, 0.4) is 0 Å². The number of hydrogen-bond acceptors (Lipinski definition) is 5. The molecule has 0 aliphatic heterocycles. The maximum Gasteiger partial charge on any atom is 0.335 e. The Kier molecular flexibility index (Phi) is 4.94. The topological polar surface area (TPSA) is 84.7 Å². The van der Waals surface area contributed by atoms with Crippen molar-refractivity contribution in [3.8, 4) is 0 Å². The summed E-state index contributed by atoms with van der Waals surface area (Å²) in [5, 5.41) is 6.40. The van der Waals surface area contributed by atoms with Crippen LogP contribution in [0.5, 0.6) is 0 Å². The van der Waals surface area contributed by atoms with E-state index in [0.29, 0.717) is 4.80 Å². The monoisotopic (exact) mass is 308 g/mol. The third-order valence-electron chi connectivity index (χ3n) is 2.67. The second-order valence-corrected chi connectivity index (χ2v) is 5.13. The van der Waals surface area contributed by atoms with Crippen LogP contribution < -0.4 is 15.5 Å². The summed E-state index contributed by atoms with van der Waals surface area (Å²) in [6.45, 7) is 1.80. The summed E-state index contributed by atoms with van der Waals surface area (Å²) >= 11 is 1.46. The van der Waals surface area contributed by atoms with E-state index in [0.717, 1.165) is 10.2 Å². The molecule has 8 heteroatoms. The van der Waals surface area contributed by atoms with Crippen molar-refractivity contribution in [1.82, 2.24) is 15.3 Å². The Morgan fingerprint density at radius 2 is 2.14 bits per heavy atom. The number of ether oxygens (including phenoxy) is 1. The molecule has 0 atom stereocenters. The summed E-state index contributed by atoms with van der Waals surface area (Å²) in [6.07, 6.45) is 0. The molecule has 1 aromatic heterocycles. The average Bonchev–Trinajstić information content (AvgIpc) is 2.80. The summed E-state index contributed by atoms with van der Waals surface area (Å²) in [4.78, 5) is 23.3. The van der Waals surface area contributed by atoms with Crippen LogP contribution in [0, 0.1) is 0 Å². The van der Waals surface area contributed by atoms with Crippen LogP contribution in [-0.4, -0.2) is 29.7 Å². The molecule has 21 heavy (non-hydrogen) atoms. The normalized spacial score (nSPS) is 11.4. The molecule has 0 bridgehead atoms. The molecule has 2 N–H and O–H groups in total. The number of carbonyl (C=O) groups is 2. The minimum absolute atomic E-state index is 0.187. The molecule has 0 aliphatic rings. The first-order valence-corrected chi connectivity index (χ1v) is 7.21. The van der Waals surface area contributed by atoms with Gasteiger partial charge in [-0.25, -0.2) is 10.2 Å². The van der Waals surface area contributed by atoms with E-state index in [1.54, 1.807) is 6.92 Å². The van der Waals surface area contributed by atoms with Gasteiger partial charge < -0.3 is 14.6 Å². The number of aryl methyl sites for hydroxylation is 1. The Hall–Kier alpha value is -2.35. The van der Waals surface area contributed by atoms with Gasteiger partial charge in [0.05, 0.1) is 16.8 Å². The van der Waals surface area contributed by atoms with E-state index < -0.39 is 12.0 Å². The standard InChI is InChI=1S/C13H16N4O3S/c1-3-20-11(18)8-14-12(19)15-16-13-17(2)9-6-4-5-7-10(9)21-13/h4-7H,3,8H2,1-2H3,(H2,14,15,19). The average molecular weight is 308 g/mol. The van der Waals surface area contributed by atoms with Crippen LogP contribution in [-0.2, 0) is 16.6 Å². The largest absolute Gasteiger partial charge is 0.465 e. The number of fused-ring (bicyclic) bond motifs is 1. The number of rotatable bonds is 4. The van der Waals surface area contributed by atoms with Crippen molar-refractivity contribution in [3.63, 3.8) is 0 Å². The number of urea groups is 1. The molecule has 0 fully saturated rings. The SMILES string of the molecule is CCOC(=O)CNC(=O)NN=c1sc2ccccc2n1C. The van der Waals surface area contributed by atoms with Gasteiger partial charge in [-0.15, -0.1) is 5.10 Å². The van der Waals surface area contributed by atoms with Gasteiger partial charge in [-0.2, -0.15) is 0 Å². The van der Waals surface area contributed by atoms with Crippen molar-refractivity contribution >= 4 is 33.6 Å². The number of aromatic nitrogens is 1. The van der Waals surface area contributed by atoms with Gasteiger partial charge in [0.1, 0.15) is 6.54 Å². The summed E-state index contributed by atoms with van der Waals surface area (Å²) < 4.78 is 7.66. The zero-order chi connectivity index (χ0) is 15.2. The first kappa shape index (κ1) is 15.0. The first-order valence-electron chi connectivity index (χ1n) is 6.39. The number of nitrogens with one attached hydrogen (secondary N) is 2. The van der Waals surface area contributed by atoms with Gasteiger partial charge in [0.25, 0.3) is 0 Å². The molecule has 0 aliphatic carbocycles. The van der Waals surface area contributed by atoms with Gasteiger partial charge >= 0.3 is 12.0 Å². The molecular weight excluding hydrogens is 292 g/mol. The molecule has 0 saturated carbocycles. The lowest BCUT2D eigenvalue weighted by Gasteiger charge is -2.03. The van der Waals surface area contributed by atoms with Crippen LogP contribution in [0.4, 0.5) is 4.79 Å². The summed E-state index contributed by atoms with van der Waals surface area (Å²) in [5.74, 6) is -0.486. The third kappa shape index (κ3) is 3.82. The lowest BCUT2D eigenvalue weighted by molar-refractivity contribution is -0.141. The Labute approximate surface area is 125 Å². The molecule has 112 valence electrons. The Bertz CT molecular complexity index is 720. The highest BCUT2D eigenvalue weighted by Crippen LogP contribution is 2.14. The molecule has 2 aromatic rings. The number of carbonyl (C=O) groups excluding carboxylic acids is 2. The third-order valence-corrected chi connectivity index (χ3v) is 3.78. The number of amides is 2. The van der Waals surface area contributed by atoms with Gasteiger partial charge in [-0.1, -0.05) is 23.5 Å². The lowest BCUT2D eigenvalue weighted by atomic mass is 10.3. The van der Waals surface area contributed by atoms with E-state index in [4.69, 9.17) is 4.74 Å². The minimum Gasteiger partial charge on any atom is -0.465 e. The van der Waals surface area contributed by atoms with Gasteiger partial charge in [-0.05, 0) is 19.1 Å². The van der Waals surface area contributed by atoms with Crippen molar-refractivity contribution in [2.24, 2.45) is 12.1 Å². The number of benzene rings is 1. The van der Waals surface area contributed by atoms with E-state index in [2.05, 4.69) is 15.8 Å². The molecule has 1 aromatic carbocycles. The lowest BCUT2D eigenvalue weighted by Crippen LogP contribution is -2.37. The van der Waals surface area contributed by atoms with Gasteiger partial charge in [0, 0.05) is 7.05 Å². The second-order valence-electron chi connectivity index (χ2n) is 4.12. The molecular formula is C13H16N4O3S. The summed E-state index contributed by atoms with van der Waals surface area (Å²) in [7, 11) is 1.87. The van der Waals surface area contributed by atoms with Crippen LogP contribution >= 0.6 is 11.3 Å². The fourth-order valence-corrected chi connectivity index (χ4v) is 2.67. The first-order chi connectivity index (χ1) is 10.1. The maximum atomic E-state index is 11.5. The second kappa shape index (κ2) is 6.89. The van der Waals surface area contributed by atoms with E-state index in [1.165, 1.54) is 11.3 Å². The highest BCUT2D eigenvalue weighted by Gasteiger charge is 2.05. The van der Waals surface area contributed by atoms with Gasteiger partial charge in [-0.3, -0.25) is 4.79 Å². The molecule has 7 nitrogen and oxygen atoms in total. The highest BCUT2D eigenvalue weighted by molar-refractivity contribution is 7.16. The molecule has 0 spiro atoms. The zero-order valence-corrected chi connectivity index (χ0v) is 12.6. The van der Waals surface area contributed by atoms with Crippen LogP contribution in [0.1, 0.15) is 6.92 Å². The molecule has 0 saturated heterocycles. The van der Waals surface area contributed by atoms with Crippen LogP contribution in [0.2, 0.25) is 0 Å². The van der Waals surface area contributed by atoms with Crippen LogP contribution in [0.15, 0.2) is 29.4 Å². The highest BCUT2D eigenvalue weighted by atomic mass is 32.1. The van der Waals surface area contributed by atoms with Crippen molar-refractivity contribution < 1.29 is 14.3 Å². The predicted octanol–water partition coefficient (Wildman–Crippen LogP) is 0.918. The fraction of sp³-hybridized carbons (Fsp3) is 0.308. The zero-order valence-electron chi connectivity index (χ0n) is 11.8. The van der Waals surface area contributed by atoms with Crippen molar-refractivity contribution in [1.29, 1.82) is 0 Å². The van der Waals surface area contributed by atoms with E-state index in [-0.39, 0.29) is 13.2 Å². The number of esters is 1. The maximum absolute atomic E-state index is 11.5. The molecule has 0 radical (unpaired) electrons. The predicted molar refractivity (Wildman–Crippen MR) is 79.5 cm³/mol. The smallest absolute Gasteiger partial charge is 0.335 e. The molecule has 1 heterocycles. The number of hydrogen-bond donors (Lipinski definition) is 2. The van der Waals surface area contributed by atoms with Crippen molar-refractivity contribution in [3.05, 3.63) is 29.1 Å². The molecule has 0 unspecified atom stereocenters. The Morgan fingerprint density at radius 3 is 2.86 bits per heavy atom. The van der Waals surface area contributed by atoms with Gasteiger partial charge in [0.15, 0.2) is 0 Å². The summed E-state index contributed by atoms with van der Waals surface area (Å²) in [5.41, 5.74) is 3.39. The Balaban J connectivity index is 2.01. The van der Waals surface area contributed by atoms with Crippen molar-refractivity contribution in [2.75, 3.05) is 13.2 Å². The number of thiazole rings is 1. The fourth-order valence-electron chi connectivity index (χ4n) is 1.69. The summed E-state index contributed by atoms with van der Waals surface area (Å²) in [6, 6.07) is 7.30. The van der Waals surface area contributed by atoms with Crippen molar-refractivity contribution in [2.45, 2.75) is 6.92 Å². The quantitative estimate of drug-likeness (QED) is 0.650.